The maximum Gasteiger partial charge on any atom is 0.115 e. The van der Waals surface area contributed by atoms with Crippen LogP contribution < -0.4 is 5.43 Å². The van der Waals surface area contributed by atoms with Crippen LogP contribution in [0.3, 0.4) is 0 Å². The van der Waals surface area contributed by atoms with E-state index < -0.39 is 0 Å². The summed E-state index contributed by atoms with van der Waals surface area (Å²) in [6.45, 7) is 3.98. The molecule has 1 heterocycles. The molecule has 0 radical (unpaired) electrons. The van der Waals surface area contributed by atoms with E-state index in [1.807, 2.05) is 19.9 Å². The number of phenolic OH excluding ortho intramolecular Hbond substituents is 1. The molecule has 1 aromatic rings. The predicted octanol–water partition coefficient (Wildman–Crippen LogP) is 1.78. The molecule has 0 spiro atoms. The van der Waals surface area contributed by atoms with Gasteiger partial charge in [-0.15, -0.1) is 0 Å². The summed E-state index contributed by atoms with van der Waals surface area (Å²) < 4.78 is 0. The Hall–Kier alpha value is -1.51. The van der Waals surface area contributed by atoms with Crippen molar-refractivity contribution in [2.24, 2.45) is 5.10 Å². The summed E-state index contributed by atoms with van der Waals surface area (Å²) in [5.41, 5.74) is 6.18. The maximum absolute atomic E-state index is 9.32. The second-order valence-corrected chi connectivity index (χ2v) is 3.32. The van der Waals surface area contributed by atoms with Crippen molar-refractivity contribution < 1.29 is 5.11 Å². The van der Waals surface area contributed by atoms with Crippen LogP contribution in [0.2, 0.25) is 0 Å². The quantitative estimate of drug-likeness (QED) is 0.632. The van der Waals surface area contributed by atoms with E-state index in [2.05, 4.69) is 10.5 Å². The standard InChI is InChI=1S/C10H12N2O/c1-6-9-4-3-8(13)5-10(9)7(2)12-11-6/h3-5,7,12-13H,1-2H3. The lowest BCUT2D eigenvalue weighted by molar-refractivity contribution is 0.472. The minimum absolute atomic E-state index is 0.172. The van der Waals surface area contributed by atoms with Gasteiger partial charge in [0, 0.05) is 5.56 Å². The monoisotopic (exact) mass is 176 g/mol. The number of hydrogen-bond donors (Lipinski definition) is 2. The Morgan fingerprint density at radius 2 is 2.23 bits per heavy atom. The molecule has 68 valence electrons. The van der Waals surface area contributed by atoms with Crippen LogP contribution in [0, 0.1) is 0 Å². The Bertz CT molecular complexity index is 371. The predicted molar refractivity (Wildman–Crippen MR) is 51.9 cm³/mol. The van der Waals surface area contributed by atoms with Crippen LogP contribution in [0.15, 0.2) is 23.3 Å². The molecule has 3 heteroatoms. The van der Waals surface area contributed by atoms with E-state index in [9.17, 15) is 5.11 Å². The van der Waals surface area contributed by atoms with Crippen molar-refractivity contribution in [3.8, 4) is 5.75 Å². The van der Waals surface area contributed by atoms with Crippen LogP contribution in [-0.2, 0) is 0 Å². The smallest absolute Gasteiger partial charge is 0.115 e. The molecule has 1 aliphatic heterocycles. The fourth-order valence-corrected chi connectivity index (χ4v) is 1.56. The van der Waals surface area contributed by atoms with Crippen molar-refractivity contribution in [1.82, 2.24) is 5.43 Å². The highest BCUT2D eigenvalue weighted by Gasteiger charge is 2.16. The molecule has 13 heavy (non-hydrogen) atoms. The lowest BCUT2D eigenvalue weighted by Gasteiger charge is -2.21. The molecular formula is C10H12N2O. The molecule has 0 saturated heterocycles. The van der Waals surface area contributed by atoms with Gasteiger partial charge in [0.25, 0.3) is 0 Å². The largest absolute Gasteiger partial charge is 0.508 e. The van der Waals surface area contributed by atoms with Gasteiger partial charge in [0.2, 0.25) is 0 Å². The van der Waals surface area contributed by atoms with Crippen LogP contribution >= 0.6 is 0 Å². The van der Waals surface area contributed by atoms with Gasteiger partial charge in [-0.3, -0.25) is 0 Å². The summed E-state index contributed by atoms with van der Waals surface area (Å²) >= 11 is 0. The first-order valence-corrected chi connectivity index (χ1v) is 4.31. The SMILES string of the molecule is CC1=NNC(C)c2cc(O)ccc21. The number of hydrogen-bond acceptors (Lipinski definition) is 3. The average Bonchev–Trinajstić information content (AvgIpc) is 2.12. The normalized spacial score (nSPS) is 20.2. The van der Waals surface area contributed by atoms with Crippen molar-refractivity contribution in [1.29, 1.82) is 0 Å². The van der Waals surface area contributed by atoms with E-state index >= 15 is 0 Å². The Morgan fingerprint density at radius 1 is 1.46 bits per heavy atom. The van der Waals surface area contributed by atoms with E-state index in [1.54, 1.807) is 12.1 Å². The Kier molecular flexibility index (Phi) is 1.72. The molecule has 3 nitrogen and oxygen atoms in total. The fourth-order valence-electron chi connectivity index (χ4n) is 1.56. The Balaban J connectivity index is 2.59. The van der Waals surface area contributed by atoms with Crippen LogP contribution in [0.1, 0.15) is 31.0 Å². The summed E-state index contributed by atoms with van der Waals surface area (Å²) in [6, 6.07) is 5.55. The Morgan fingerprint density at radius 3 is 3.00 bits per heavy atom. The van der Waals surface area contributed by atoms with Gasteiger partial charge in [-0.2, -0.15) is 5.10 Å². The summed E-state index contributed by atoms with van der Waals surface area (Å²) in [5.74, 6) is 0.308. The topological polar surface area (TPSA) is 44.6 Å². The zero-order chi connectivity index (χ0) is 9.42. The van der Waals surface area contributed by atoms with E-state index in [4.69, 9.17) is 0 Å². The van der Waals surface area contributed by atoms with Gasteiger partial charge in [0.15, 0.2) is 0 Å². The van der Waals surface area contributed by atoms with Crippen molar-refractivity contribution >= 4 is 5.71 Å². The van der Waals surface area contributed by atoms with E-state index in [0.717, 1.165) is 16.8 Å². The number of aromatic hydroxyl groups is 1. The van der Waals surface area contributed by atoms with E-state index in [0.29, 0.717) is 5.75 Å². The Labute approximate surface area is 77.1 Å². The number of nitrogens with zero attached hydrogens (tertiary/aromatic N) is 1. The second-order valence-electron chi connectivity index (χ2n) is 3.32. The molecule has 0 aromatic heterocycles. The highest BCUT2D eigenvalue weighted by atomic mass is 16.3. The first-order valence-electron chi connectivity index (χ1n) is 4.31. The zero-order valence-electron chi connectivity index (χ0n) is 7.70. The third kappa shape index (κ3) is 1.26. The van der Waals surface area contributed by atoms with E-state index in [1.165, 1.54) is 0 Å². The van der Waals surface area contributed by atoms with Gasteiger partial charge in [0.1, 0.15) is 5.75 Å². The molecule has 0 saturated carbocycles. The molecule has 0 aliphatic carbocycles. The van der Waals surface area contributed by atoms with Crippen molar-refractivity contribution in [3.05, 3.63) is 29.3 Å². The minimum atomic E-state index is 0.172. The molecule has 1 aromatic carbocycles. The molecule has 0 bridgehead atoms. The van der Waals surface area contributed by atoms with Crippen molar-refractivity contribution in [2.45, 2.75) is 19.9 Å². The summed E-state index contributed by atoms with van der Waals surface area (Å²) in [6.07, 6.45) is 0. The maximum atomic E-state index is 9.32. The van der Waals surface area contributed by atoms with E-state index in [-0.39, 0.29) is 6.04 Å². The molecule has 1 aliphatic rings. The van der Waals surface area contributed by atoms with Gasteiger partial charge in [-0.05, 0) is 37.6 Å². The third-order valence-electron chi connectivity index (χ3n) is 2.32. The van der Waals surface area contributed by atoms with Crippen LogP contribution in [0.4, 0.5) is 0 Å². The number of nitrogens with one attached hydrogen (secondary N) is 1. The molecule has 1 atom stereocenters. The highest BCUT2D eigenvalue weighted by molar-refractivity contribution is 6.00. The third-order valence-corrected chi connectivity index (χ3v) is 2.32. The number of rotatable bonds is 0. The second kappa shape index (κ2) is 2.76. The summed E-state index contributed by atoms with van der Waals surface area (Å²) in [4.78, 5) is 0. The molecule has 2 N–H and O–H groups in total. The van der Waals surface area contributed by atoms with Gasteiger partial charge >= 0.3 is 0 Å². The lowest BCUT2D eigenvalue weighted by atomic mass is 9.97. The fraction of sp³-hybridized carbons (Fsp3) is 0.300. The van der Waals surface area contributed by atoms with Crippen molar-refractivity contribution in [3.63, 3.8) is 0 Å². The van der Waals surface area contributed by atoms with Crippen LogP contribution in [-0.4, -0.2) is 10.8 Å². The summed E-state index contributed by atoms with van der Waals surface area (Å²) in [5, 5.41) is 13.5. The highest BCUT2D eigenvalue weighted by Crippen LogP contribution is 2.25. The number of fused-ring (bicyclic) bond motifs is 1. The number of phenols is 1. The number of benzene rings is 1. The van der Waals surface area contributed by atoms with Gasteiger partial charge < -0.3 is 10.5 Å². The first kappa shape index (κ1) is 8.10. The lowest BCUT2D eigenvalue weighted by Crippen LogP contribution is -2.22. The summed E-state index contributed by atoms with van der Waals surface area (Å²) in [7, 11) is 0. The van der Waals surface area contributed by atoms with Gasteiger partial charge in [0.05, 0.1) is 11.8 Å². The minimum Gasteiger partial charge on any atom is -0.508 e. The average molecular weight is 176 g/mol. The first-order chi connectivity index (χ1) is 6.18. The molecular weight excluding hydrogens is 164 g/mol. The zero-order valence-corrected chi connectivity index (χ0v) is 7.70. The van der Waals surface area contributed by atoms with Crippen molar-refractivity contribution in [2.75, 3.05) is 0 Å². The van der Waals surface area contributed by atoms with Gasteiger partial charge in [-0.1, -0.05) is 0 Å². The molecule has 1 unspecified atom stereocenters. The number of hydrazone groups is 1. The van der Waals surface area contributed by atoms with Crippen LogP contribution in [0.5, 0.6) is 5.75 Å². The van der Waals surface area contributed by atoms with Gasteiger partial charge in [-0.25, -0.2) is 0 Å². The molecule has 0 amide bonds. The molecule has 0 fully saturated rings. The molecule has 2 rings (SSSR count). The van der Waals surface area contributed by atoms with Crippen LogP contribution in [0.25, 0.3) is 0 Å².